The monoisotopic (exact) mass is 536 g/mol. The number of urea groups is 1. The van der Waals surface area contributed by atoms with E-state index in [2.05, 4.69) is 41.8 Å². The van der Waals surface area contributed by atoms with Crippen LogP contribution in [0.15, 0.2) is 76.5 Å². The van der Waals surface area contributed by atoms with E-state index < -0.39 is 0 Å². The van der Waals surface area contributed by atoms with E-state index in [1.165, 1.54) is 18.7 Å². The van der Waals surface area contributed by atoms with Gasteiger partial charge in [-0.15, -0.1) is 0 Å². The molecule has 0 fully saturated rings. The summed E-state index contributed by atoms with van der Waals surface area (Å²) in [5.41, 5.74) is 4.47. The van der Waals surface area contributed by atoms with Crippen molar-refractivity contribution in [2.75, 3.05) is 22.2 Å². The predicted octanol–water partition coefficient (Wildman–Crippen LogP) is 6.23. The van der Waals surface area contributed by atoms with E-state index >= 15 is 0 Å². The third kappa shape index (κ3) is 5.83. The topological polar surface area (TPSA) is 112 Å². The minimum absolute atomic E-state index is 0.195. The van der Waals surface area contributed by atoms with Gasteiger partial charge in [-0.1, -0.05) is 39.8 Å². The van der Waals surface area contributed by atoms with Crippen LogP contribution in [0.3, 0.4) is 0 Å². The third-order valence-corrected chi connectivity index (χ3v) is 5.83. The molecule has 0 radical (unpaired) electrons. The number of hydrogen-bond donors (Lipinski definition) is 4. The van der Waals surface area contributed by atoms with Gasteiger partial charge in [-0.05, 0) is 54.8 Å². The summed E-state index contributed by atoms with van der Waals surface area (Å²) in [6, 6.07) is 18.1. The normalized spacial score (nSPS) is 10.6. The second kappa shape index (κ2) is 10.5. The summed E-state index contributed by atoms with van der Waals surface area (Å²) in [5.74, 6) is 0.260. The molecule has 2 aromatic heterocycles. The molecule has 0 saturated carbocycles. The number of nitrogens with one attached hydrogen (secondary N) is 4. The van der Waals surface area contributed by atoms with Crippen LogP contribution in [0.25, 0.3) is 22.5 Å². The Balaban J connectivity index is 1.61. The van der Waals surface area contributed by atoms with Crippen LogP contribution in [0.5, 0.6) is 0 Å². The number of benzene rings is 2. The molecule has 8 nitrogen and oxygen atoms in total. The number of rotatable bonds is 6. The third-order valence-electron chi connectivity index (χ3n) is 4.72. The quantitative estimate of drug-likeness (QED) is 0.218. The number of nitrogens with zero attached hydrogens (tertiary/aromatic N) is 2. The Labute approximate surface area is 209 Å². The number of aromatic amines is 1. The van der Waals surface area contributed by atoms with Crippen LogP contribution in [0.1, 0.15) is 6.92 Å². The van der Waals surface area contributed by atoms with Crippen molar-refractivity contribution in [1.82, 2.24) is 15.0 Å². The lowest BCUT2D eigenvalue weighted by atomic mass is 10.1. The van der Waals surface area contributed by atoms with Crippen LogP contribution in [0, 0.1) is 0 Å². The van der Waals surface area contributed by atoms with Crippen molar-refractivity contribution in [2.45, 2.75) is 12.1 Å². The van der Waals surface area contributed by atoms with Crippen molar-refractivity contribution in [3.8, 4) is 22.5 Å². The van der Waals surface area contributed by atoms with Gasteiger partial charge in [-0.25, -0.2) is 14.8 Å². The highest BCUT2D eigenvalue weighted by molar-refractivity contribution is 9.10. The molecular weight excluding hydrogens is 516 g/mol. The molecule has 0 saturated heterocycles. The van der Waals surface area contributed by atoms with Gasteiger partial charge in [0.15, 0.2) is 5.16 Å². The van der Waals surface area contributed by atoms with Crippen molar-refractivity contribution in [3.63, 3.8) is 0 Å². The Bertz CT molecular complexity index is 1340. The highest BCUT2D eigenvalue weighted by atomic mass is 79.9. The van der Waals surface area contributed by atoms with E-state index in [1.54, 1.807) is 12.3 Å². The first-order chi connectivity index (χ1) is 16.4. The lowest BCUT2D eigenvalue weighted by Crippen LogP contribution is -2.19. The van der Waals surface area contributed by atoms with Crippen LogP contribution >= 0.6 is 27.7 Å². The lowest BCUT2D eigenvalue weighted by molar-refractivity contribution is -0.114. The van der Waals surface area contributed by atoms with Gasteiger partial charge in [0.2, 0.25) is 5.91 Å². The first kappa shape index (κ1) is 23.5. The van der Waals surface area contributed by atoms with Crippen LogP contribution in [-0.4, -0.2) is 33.1 Å². The summed E-state index contributed by atoms with van der Waals surface area (Å²) in [6.07, 6.45) is 3.57. The molecule has 0 aliphatic rings. The molecule has 172 valence electrons. The van der Waals surface area contributed by atoms with Gasteiger partial charge in [0.25, 0.3) is 0 Å². The molecule has 10 heteroatoms. The van der Waals surface area contributed by atoms with Crippen LogP contribution in [0.2, 0.25) is 0 Å². The number of hydrogen-bond acceptors (Lipinski definition) is 5. The zero-order valence-corrected chi connectivity index (χ0v) is 20.8. The molecule has 3 amide bonds. The fourth-order valence-electron chi connectivity index (χ4n) is 3.27. The Kier molecular flexibility index (Phi) is 7.29. The first-order valence-corrected chi connectivity index (χ1v) is 12.2. The molecule has 0 aliphatic carbocycles. The second-order valence-electron chi connectivity index (χ2n) is 7.25. The molecule has 2 heterocycles. The molecule has 34 heavy (non-hydrogen) atoms. The van der Waals surface area contributed by atoms with Crippen molar-refractivity contribution in [2.24, 2.45) is 0 Å². The minimum Gasteiger partial charge on any atom is -0.332 e. The number of halogens is 1. The molecular formula is C24H21BrN6O2S. The molecule has 2 aromatic carbocycles. The summed E-state index contributed by atoms with van der Waals surface area (Å²) >= 11 is 4.87. The lowest BCUT2D eigenvalue weighted by Gasteiger charge is -2.10. The van der Waals surface area contributed by atoms with Gasteiger partial charge in [-0.2, -0.15) is 0 Å². The SMILES string of the molecule is CSc1nc(-c2cccc(NC(=O)Nc3ccc(Br)cc3)c2)c(-c2ccnc(NC(C)=O)c2)[nH]1. The van der Waals surface area contributed by atoms with Crippen molar-refractivity contribution in [1.29, 1.82) is 0 Å². The fourth-order valence-corrected chi connectivity index (χ4v) is 3.92. The van der Waals surface area contributed by atoms with E-state index in [1.807, 2.05) is 60.9 Å². The number of imidazole rings is 1. The van der Waals surface area contributed by atoms with Gasteiger partial charge in [0.1, 0.15) is 5.82 Å². The molecule has 0 bridgehead atoms. The van der Waals surface area contributed by atoms with E-state index in [9.17, 15) is 9.59 Å². The van der Waals surface area contributed by atoms with E-state index in [0.29, 0.717) is 17.2 Å². The van der Waals surface area contributed by atoms with E-state index in [4.69, 9.17) is 4.98 Å². The summed E-state index contributed by atoms with van der Waals surface area (Å²) in [4.78, 5) is 36.2. The number of carbonyl (C=O) groups is 2. The molecule has 0 atom stereocenters. The number of H-pyrrole nitrogens is 1. The van der Waals surface area contributed by atoms with Gasteiger partial charge >= 0.3 is 6.03 Å². The Morgan fingerprint density at radius 2 is 1.71 bits per heavy atom. The minimum atomic E-state index is -0.347. The molecule has 0 aliphatic heterocycles. The maximum atomic E-state index is 12.5. The van der Waals surface area contributed by atoms with E-state index in [0.717, 1.165) is 32.1 Å². The Morgan fingerprint density at radius 1 is 0.941 bits per heavy atom. The van der Waals surface area contributed by atoms with E-state index in [-0.39, 0.29) is 11.9 Å². The predicted molar refractivity (Wildman–Crippen MR) is 140 cm³/mol. The van der Waals surface area contributed by atoms with Crippen molar-refractivity contribution in [3.05, 3.63) is 71.3 Å². The maximum Gasteiger partial charge on any atom is 0.323 e. The zero-order valence-electron chi connectivity index (χ0n) is 18.3. The maximum absolute atomic E-state index is 12.5. The number of amides is 3. The second-order valence-corrected chi connectivity index (χ2v) is 8.96. The molecule has 4 rings (SSSR count). The van der Waals surface area contributed by atoms with Gasteiger partial charge in [0, 0.05) is 40.1 Å². The molecule has 0 unspecified atom stereocenters. The largest absolute Gasteiger partial charge is 0.332 e. The summed E-state index contributed by atoms with van der Waals surface area (Å²) in [6.45, 7) is 1.44. The summed E-state index contributed by atoms with van der Waals surface area (Å²) in [5, 5.41) is 9.12. The fraction of sp³-hybridized carbons (Fsp3) is 0.0833. The van der Waals surface area contributed by atoms with Crippen LogP contribution < -0.4 is 16.0 Å². The van der Waals surface area contributed by atoms with Gasteiger partial charge in [-0.3, -0.25) is 4.79 Å². The first-order valence-electron chi connectivity index (χ1n) is 10.2. The average Bonchev–Trinajstić information content (AvgIpc) is 3.25. The molecule has 4 N–H and O–H groups in total. The standard InChI is InChI=1S/C24H21BrN6O2S/c1-14(32)27-20-13-16(10-11-26-20)22-21(30-24(31-22)34-2)15-4-3-5-19(12-15)29-23(33)28-18-8-6-17(25)7-9-18/h3-13H,1-2H3,(H,30,31)(H,26,27,32)(H2,28,29,33). The van der Waals surface area contributed by atoms with Crippen molar-refractivity contribution >= 4 is 56.8 Å². The summed E-state index contributed by atoms with van der Waals surface area (Å²) in [7, 11) is 0. The Hall–Kier alpha value is -3.63. The molecule has 0 spiro atoms. The van der Waals surface area contributed by atoms with Crippen LogP contribution in [-0.2, 0) is 4.79 Å². The average molecular weight is 537 g/mol. The number of thioether (sulfide) groups is 1. The number of carbonyl (C=O) groups excluding carboxylic acids is 2. The Morgan fingerprint density at radius 3 is 2.44 bits per heavy atom. The number of anilines is 3. The smallest absolute Gasteiger partial charge is 0.323 e. The summed E-state index contributed by atoms with van der Waals surface area (Å²) < 4.78 is 0.934. The number of pyridine rings is 1. The molecule has 4 aromatic rings. The van der Waals surface area contributed by atoms with Crippen LogP contribution in [0.4, 0.5) is 22.0 Å². The zero-order chi connectivity index (χ0) is 24.1. The highest BCUT2D eigenvalue weighted by Gasteiger charge is 2.16. The highest BCUT2D eigenvalue weighted by Crippen LogP contribution is 2.34. The number of aromatic nitrogens is 3. The van der Waals surface area contributed by atoms with Gasteiger partial charge in [0.05, 0.1) is 11.4 Å². The van der Waals surface area contributed by atoms with Gasteiger partial charge < -0.3 is 20.9 Å². The van der Waals surface area contributed by atoms with Crippen molar-refractivity contribution < 1.29 is 9.59 Å².